The Bertz CT molecular complexity index is 524. The van der Waals surface area contributed by atoms with Gasteiger partial charge in [-0.2, -0.15) is 0 Å². The maximum atomic E-state index is 12.7. The molecule has 1 saturated heterocycles. The van der Waals surface area contributed by atoms with Crippen molar-refractivity contribution in [2.45, 2.75) is 13.3 Å². The second kappa shape index (κ2) is 8.38. The van der Waals surface area contributed by atoms with E-state index in [4.69, 9.17) is 5.11 Å². The smallest absolute Gasteiger partial charge is 0.253 e. The molecular weight excluding hydrogens is 294 g/mol. The molecule has 0 radical (unpaired) electrons. The van der Waals surface area contributed by atoms with E-state index in [1.54, 1.807) is 12.3 Å². The molecule has 2 heterocycles. The van der Waals surface area contributed by atoms with Crippen LogP contribution in [0.25, 0.3) is 0 Å². The molecule has 0 bridgehead atoms. The van der Waals surface area contributed by atoms with Crippen LogP contribution < -0.4 is 0 Å². The summed E-state index contributed by atoms with van der Waals surface area (Å²) in [4.78, 5) is 20.8. The SMILES string of the molecule is CCc1cc(C(=O)N2C[C@@H](CN(C)CCO)[C@@H](CO)C2)ccn1. The first-order valence-electron chi connectivity index (χ1n) is 8.23. The van der Waals surface area contributed by atoms with Gasteiger partial charge in [0.05, 0.1) is 6.61 Å². The second-order valence-electron chi connectivity index (χ2n) is 6.29. The van der Waals surface area contributed by atoms with E-state index in [1.165, 1.54) is 0 Å². The molecule has 0 aliphatic carbocycles. The van der Waals surface area contributed by atoms with Gasteiger partial charge in [-0.15, -0.1) is 0 Å². The molecule has 2 rings (SSSR count). The number of likely N-dealkylation sites (N-methyl/N-ethyl adjacent to an activating group) is 1. The van der Waals surface area contributed by atoms with Crippen molar-refractivity contribution in [2.75, 3.05) is 46.4 Å². The van der Waals surface area contributed by atoms with Gasteiger partial charge in [-0.1, -0.05) is 6.92 Å². The Morgan fingerprint density at radius 1 is 1.39 bits per heavy atom. The van der Waals surface area contributed by atoms with Crippen molar-refractivity contribution in [2.24, 2.45) is 11.8 Å². The first-order chi connectivity index (χ1) is 11.1. The molecular formula is C17H27N3O3. The van der Waals surface area contributed by atoms with Gasteiger partial charge in [0, 0.05) is 56.2 Å². The molecule has 6 nitrogen and oxygen atoms in total. The largest absolute Gasteiger partial charge is 0.396 e. The van der Waals surface area contributed by atoms with Crippen molar-refractivity contribution in [3.05, 3.63) is 29.6 Å². The normalized spacial score (nSPS) is 21.2. The average Bonchev–Trinajstić information content (AvgIpc) is 2.97. The lowest BCUT2D eigenvalue weighted by atomic mass is 9.96. The first-order valence-corrected chi connectivity index (χ1v) is 8.23. The predicted molar refractivity (Wildman–Crippen MR) is 88.2 cm³/mol. The zero-order valence-electron chi connectivity index (χ0n) is 14.0. The number of carbonyl (C=O) groups excluding carboxylic acids is 1. The number of nitrogens with zero attached hydrogens (tertiary/aromatic N) is 3. The quantitative estimate of drug-likeness (QED) is 0.753. The van der Waals surface area contributed by atoms with Crippen molar-refractivity contribution in [3.8, 4) is 0 Å². The van der Waals surface area contributed by atoms with Crippen LogP contribution in [0.3, 0.4) is 0 Å². The van der Waals surface area contributed by atoms with E-state index in [1.807, 2.05) is 29.8 Å². The van der Waals surface area contributed by atoms with Crippen LogP contribution in [0.15, 0.2) is 18.3 Å². The van der Waals surface area contributed by atoms with Gasteiger partial charge < -0.3 is 20.0 Å². The molecule has 0 unspecified atom stereocenters. The molecule has 1 aromatic heterocycles. The molecule has 2 atom stereocenters. The van der Waals surface area contributed by atoms with Crippen LogP contribution in [0.4, 0.5) is 0 Å². The van der Waals surface area contributed by atoms with E-state index < -0.39 is 0 Å². The van der Waals surface area contributed by atoms with Gasteiger partial charge in [-0.25, -0.2) is 0 Å². The highest BCUT2D eigenvalue weighted by atomic mass is 16.3. The summed E-state index contributed by atoms with van der Waals surface area (Å²) in [5.74, 6) is 0.327. The summed E-state index contributed by atoms with van der Waals surface area (Å²) >= 11 is 0. The predicted octanol–water partition coefficient (Wildman–Crippen LogP) is 0.249. The molecule has 1 fully saturated rings. The lowest BCUT2D eigenvalue weighted by molar-refractivity contribution is 0.0778. The van der Waals surface area contributed by atoms with E-state index in [0.717, 1.165) is 18.7 Å². The van der Waals surface area contributed by atoms with Crippen LogP contribution >= 0.6 is 0 Å². The Kier molecular flexibility index (Phi) is 6.50. The average molecular weight is 321 g/mol. The molecule has 23 heavy (non-hydrogen) atoms. The number of amides is 1. The van der Waals surface area contributed by atoms with Crippen LogP contribution in [0, 0.1) is 11.8 Å². The molecule has 0 spiro atoms. The van der Waals surface area contributed by atoms with Gasteiger partial charge in [-0.05, 0) is 31.5 Å². The molecule has 0 saturated carbocycles. The molecule has 6 heteroatoms. The van der Waals surface area contributed by atoms with Crippen LogP contribution in [-0.2, 0) is 6.42 Å². The zero-order chi connectivity index (χ0) is 16.8. The number of likely N-dealkylation sites (tertiary alicyclic amines) is 1. The fourth-order valence-corrected chi connectivity index (χ4v) is 3.17. The van der Waals surface area contributed by atoms with Crippen molar-refractivity contribution in [3.63, 3.8) is 0 Å². The number of aryl methyl sites for hydroxylation is 1. The van der Waals surface area contributed by atoms with Gasteiger partial charge in [0.15, 0.2) is 0 Å². The summed E-state index contributed by atoms with van der Waals surface area (Å²) in [5.41, 5.74) is 1.57. The van der Waals surface area contributed by atoms with Gasteiger partial charge in [0.2, 0.25) is 0 Å². The summed E-state index contributed by atoms with van der Waals surface area (Å²) in [6, 6.07) is 3.60. The van der Waals surface area contributed by atoms with Gasteiger partial charge in [0.25, 0.3) is 5.91 Å². The highest BCUT2D eigenvalue weighted by Gasteiger charge is 2.35. The van der Waals surface area contributed by atoms with E-state index in [9.17, 15) is 9.90 Å². The maximum Gasteiger partial charge on any atom is 0.253 e. The summed E-state index contributed by atoms with van der Waals surface area (Å²) in [6.45, 7) is 4.81. The third-order valence-corrected chi connectivity index (χ3v) is 4.55. The highest BCUT2D eigenvalue weighted by molar-refractivity contribution is 5.94. The number of hydrogen-bond donors (Lipinski definition) is 2. The van der Waals surface area contributed by atoms with Gasteiger partial charge in [-0.3, -0.25) is 9.78 Å². The minimum Gasteiger partial charge on any atom is -0.396 e. The Hall–Kier alpha value is -1.50. The summed E-state index contributed by atoms with van der Waals surface area (Å²) in [5, 5.41) is 18.6. The Balaban J connectivity index is 2.04. The number of aromatic nitrogens is 1. The topological polar surface area (TPSA) is 76.9 Å². The first kappa shape index (κ1) is 17.8. The molecule has 0 aromatic carbocycles. The van der Waals surface area contributed by atoms with E-state index >= 15 is 0 Å². The van der Waals surface area contributed by atoms with E-state index in [2.05, 4.69) is 4.98 Å². The fraction of sp³-hybridized carbons (Fsp3) is 0.647. The second-order valence-corrected chi connectivity index (χ2v) is 6.29. The third kappa shape index (κ3) is 4.50. The molecule has 1 amide bonds. The molecule has 1 aliphatic rings. The highest BCUT2D eigenvalue weighted by Crippen LogP contribution is 2.25. The lowest BCUT2D eigenvalue weighted by Crippen LogP contribution is -2.33. The number of aliphatic hydroxyl groups excluding tert-OH is 2. The number of hydrogen-bond acceptors (Lipinski definition) is 5. The number of aliphatic hydroxyl groups is 2. The van der Waals surface area contributed by atoms with Crippen molar-refractivity contribution in [1.82, 2.24) is 14.8 Å². The minimum absolute atomic E-state index is 0.00728. The van der Waals surface area contributed by atoms with E-state index in [-0.39, 0.29) is 31.0 Å². The third-order valence-electron chi connectivity index (χ3n) is 4.55. The number of pyridine rings is 1. The molecule has 128 valence electrons. The molecule has 2 N–H and O–H groups in total. The number of carbonyl (C=O) groups is 1. The van der Waals surface area contributed by atoms with Gasteiger partial charge >= 0.3 is 0 Å². The molecule has 1 aliphatic heterocycles. The monoisotopic (exact) mass is 321 g/mol. The minimum atomic E-state index is 0.00728. The van der Waals surface area contributed by atoms with Crippen LogP contribution in [0.2, 0.25) is 0 Å². The Morgan fingerprint density at radius 3 is 2.78 bits per heavy atom. The Labute approximate surface area is 137 Å². The molecule has 1 aromatic rings. The number of rotatable bonds is 7. The summed E-state index contributed by atoms with van der Waals surface area (Å²) in [6.07, 6.45) is 2.48. The van der Waals surface area contributed by atoms with Crippen LogP contribution in [0.1, 0.15) is 23.0 Å². The van der Waals surface area contributed by atoms with Crippen molar-refractivity contribution < 1.29 is 15.0 Å². The maximum absolute atomic E-state index is 12.7. The van der Waals surface area contributed by atoms with Crippen LogP contribution in [0.5, 0.6) is 0 Å². The standard InChI is InChI=1S/C17H27N3O3/c1-3-16-8-13(4-5-18-16)17(23)20-10-14(15(11-20)12-22)9-19(2)6-7-21/h4-5,8,14-15,21-22H,3,6-7,9-12H2,1-2H3/t14-,15-/m1/s1. The summed E-state index contributed by atoms with van der Waals surface area (Å²) in [7, 11) is 1.95. The lowest BCUT2D eigenvalue weighted by Gasteiger charge is -2.23. The Morgan fingerprint density at radius 2 is 2.13 bits per heavy atom. The summed E-state index contributed by atoms with van der Waals surface area (Å²) < 4.78 is 0. The van der Waals surface area contributed by atoms with Crippen molar-refractivity contribution in [1.29, 1.82) is 0 Å². The van der Waals surface area contributed by atoms with Crippen LogP contribution in [-0.4, -0.2) is 77.3 Å². The fourth-order valence-electron chi connectivity index (χ4n) is 3.17. The van der Waals surface area contributed by atoms with E-state index in [0.29, 0.717) is 25.2 Å². The van der Waals surface area contributed by atoms with Crippen molar-refractivity contribution >= 4 is 5.91 Å². The van der Waals surface area contributed by atoms with Gasteiger partial charge in [0.1, 0.15) is 0 Å². The zero-order valence-corrected chi connectivity index (χ0v) is 14.0.